The monoisotopic (exact) mass is 249 g/mol. The normalized spacial score (nSPS) is 27.3. The molecule has 3 heteroatoms. The number of aryl methyl sites for hydroxylation is 1. The Balaban J connectivity index is 1.74. The van der Waals surface area contributed by atoms with Gasteiger partial charge in [-0.05, 0) is 36.7 Å². The molecule has 0 bridgehead atoms. The topological polar surface area (TPSA) is 29.9 Å². The highest BCUT2D eigenvalue weighted by Crippen LogP contribution is 2.38. The average molecular weight is 249 g/mol. The molecule has 0 spiro atoms. The fourth-order valence-electron chi connectivity index (χ4n) is 3.23. The number of rotatable bonds is 4. The number of hydrogen-bond donors (Lipinski definition) is 1. The fourth-order valence-corrected chi connectivity index (χ4v) is 3.23. The fraction of sp³-hybridized carbons (Fsp3) is 0.800. The second-order valence-corrected chi connectivity index (χ2v) is 6.68. The third kappa shape index (κ3) is 3.58. The summed E-state index contributed by atoms with van der Waals surface area (Å²) in [6, 6.07) is 2.80. The Morgan fingerprint density at radius 1 is 1.50 bits per heavy atom. The maximum absolute atomic E-state index is 4.41. The van der Waals surface area contributed by atoms with E-state index in [2.05, 4.69) is 37.3 Å². The molecule has 102 valence electrons. The molecule has 0 aromatic carbocycles. The van der Waals surface area contributed by atoms with Crippen molar-refractivity contribution in [3.8, 4) is 0 Å². The molecule has 2 rings (SSSR count). The minimum absolute atomic E-state index is 0.540. The van der Waals surface area contributed by atoms with E-state index in [0.29, 0.717) is 11.5 Å². The smallest absolute Gasteiger partial charge is 0.0637 e. The molecule has 1 aromatic rings. The third-order valence-electron chi connectivity index (χ3n) is 4.25. The van der Waals surface area contributed by atoms with E-state index in [9.17, 15) is 0 Å². The number of aromatic nitrogens is 2. The van der Waals surface area contributed by atoms with Crippen LogP contribution < -0.4 is 5.32 Å². The maximum atomic E-state index is 4.41. The highest BCUT2D eigenvalue weighted by atomic mass is 15.2. The van der Waals surface area contributed by atoms with E-state index >= 15 is 0 Å². The summed E-state index contributed by atoms with van der Waals surface area (Å²) in [4.78, 5) is 0. The summed E-state index contributed by atoms with van der Waals surface area (Å²) in [5.41, 5.74) is 1.73. The van der Waals surface area contributed by atoms with E-state index in [1.807, 2.05) is 17.9 Å². The first kappa shape index (κ1) is 13.6. The summed E-state index contributed by atoms with van der Waals surface area (Å²) < 4.78 is 1.88. The van der Waals surface area contributed by atoms with Gasteiger partial charge in [0.25, 0.3) is 0 Å². The lowest BCUT2D eigenvalue weighted by Crippen LogP contribution is -2.42. The van der Waals surface area contributed by atoms with Crippen LogP contribution in [0, 0.1) is 11.3 Å². The Labute approximate surface area is 111 Å². The number of nitrogens with one attached hydrogen (secondary N) is 1. The van der Waals surface area contributed by atoms with Crippen LogP contribution in [0.5, 0.6) is 0 Å². The summed E-state index contributed by atoms with van der Waals surface area (Å²) in [6.45, 7) is 8.23. The minimum Gasteiger partial charge on any atom is -0.313 e. The predicted molar refractivity (Wildman–Crippen MR) is 75.5 cm³/mol. The highest BCUT2D eigenvalue weighted by Gasteiger charge is 2.31. The van der Waals surface area contributed by atoms with Crippen molar-refractivity contribution < 1.29 is 0 Å². The molecule has 0 radical (unpaired) electrons. The second kappa shape index (κ2) is 5.43. The van der Waals surface area contributed by atoms with Gasteiger partial charge < -0.3 is 5.32 Å². The van der Waals surface area contributed by atoms with Crippen LogP contribution in [0.1, 0.15) is 45.7 Å². The molecule has 1 N–H and O–H groups in total. The van der Waals surface area contributed by atoms with Crippen LogP contribution in [0.15, 0.2) is 12.3 Å². The van der Waals surface area contributed by atoms with Gasteiger partial charge in [0.15, 0.2) is 0 Å². The molecule has 2 unspecified atom stereocenters. The molecular formula is C15H27N3. The average Bonchev–Trinajstić information content (AvgIpc) is 2.67. The SMILES string of the molecule is CC1CC(C)(C)CCC1NCCc1ccn(C)n1. The van der Waals surface area contributed by atoms with Crippen LogP contribution in [0.3, 0.4) is 0 Å². The molecule has 3 nitrogen and oxygen atoms in total. The molecular weight excluding hydrogens is 222 g/mol. The first-order valence-corrected chi connectivity index (χ1v) is 7.18. The van der Waals surface area contributed by atoms with Crippen LogP contribution in [0.4, 0.5) is 0 Å². The van der Waals surface area contributed by atoms with Gasteiger partial charge in [-0.3, -0.25) is 4.68 Å². The molecule has 1 fully saturated rings. The summed E-state index contributed by atoms with van der Waals surface area (Å²) in [7, 11) is 1.97. The summed E-state index contributed by atoms with van der Waals surface area (Å²) in [5, 5.41) is 8.13. The predicted octanol–water partition coefficient (Wildman–Crippen LogP) is 2.77. The van der Waals surface area contributed by atoms with E-state index in [4.69, 9.17) is 0 Å². The summed E-state index contributed by atoms with van der Waals surface area (Å²) >= 11 is 0. The van der Waals surface area contributed by atoms with E-state index in [0.717, 1.165) is 18.9 Å². The van der Waals surface area contributed by atoms with Crippen LogP contribution in [-0.4, -0.2) is 22.4 Å². The largest absolute Gasteiger partial charge is 0.313 e. The lowest BCUT2D eigenvalue weighted by Gasteiger charge is -2.39. The van der Waals surface area contributed by atoms with Crippen molar-refractivity contribution in [2.75, 3.05) is 6.54 Å². The van der Waals surface area contributed by atoms with Gasteiger partial charge in [-0.15, -0.1) is 0 Å². The first-order valence-electron chi connectivity index (χ1n) is 7.18. The molecule has 0 aliphatic heterocycles. The van der Waals surface area contributed by atoms with E-state index in [-0.39, 0.29) is 0 Å². The molecule has 1 aliphatic rings. The van der Waals surface area contributed by atoms with E-state index in [1.165, 1.54) is 25.0 Å². The molecule has 18 heavy (non-hydrogen) atoms. The van der Waals surface area contributed by atoms with Crippen molar-refractivity contribution >= 4 is 0 Å². The van der Waals surface area contributed by atoms with E-state index in [1.54, 1.807) is 0 Å². The molecule has 0 amide bonds. The summed E-state index contributed by atoms with van der Waals surface area (Å²) in [5.74, 6) is 0.789. The van der Waals surface area contributed by atoms with Crippen LogP contribution in [0.25, 0.3) is 0 Å². The molecule has 1 saturated carbocycles. The van der Waals surface area contributed by atoms with Gasteiger partial charge in [-0.2, -0.15) is 5.10 Å². The zero-order valence-electron chi connectivity index (χ0n) is 12.2. The number of hydrogen-bond acceptors (Lipinski definition) is 2. The third-order valence-corrected chi connectivity index (χ3v) is 4.25. The van der Waals surface area contributed by atoms with Crippen LogP contribution >= 0.6 is 0 Å². The van der Waals surface area contributed by atoms with Gasteiger partial charge in [0.1, 0.15) is 0 Å². The van der Waals surface area contributed by atoms with Crippen molar-refractivity contribution in [1.29, 1.82) is 0 Å². The molecule has 1 aliphatic carbocycles. The molecule has 0 saturated heterocycles. The highest BCUT2D eigenvalue weighted by molar-refractivity contribution is 4.99. The zero-order chi connectivity index (χ0) is 13.2. The lowest BCUT2D eigenvalue weighted by molar-refractivity contribution is 0.149. The molecule has 1 aromatic heterocycles. The van der Waals surface area contributed by atoms with Crippen molar-refractivity contribution in [2.24, 2.45) is 18.4 Å². The first-order chi connectivity index (χ1) is 8.46. The number of nitrogens with zero attached hydrogens (tertiary/aromatic N) is 2. The van der Waals surface area contributed by atoms with Gasteiger partial charge in [-0.25, -0.2) is 0 Å². The van der Waals surface area contributed by atoms with Crippen molar-refractivity contribution in [3.63, 3.8) is 0 Å². The van der Waals surface area contributed by atoms with Crippen LogP contribution in [0.2, 0.25) is 0 Å². The Hall–Kier alpha value is -0.830. The second-order valence-electron chi connectivity index (χ2n) is 6.68. The minimum atomic E-state index is 0.540. The van der Waals surface area contributed by atoms with Gasteiger partial charge in [0, 0.05) is 32.3 Å². The standard InChI is InChI=1S/C15H27N3/c1-12-11-15(2,3)8-5-14(12)16-9-6-13-7-10-18(4)17-13/h7,10,12,14,16H,5-6,8-9,11H2,1-4H3. The van der Waals surface area contributed by atoms with Gasteiger partial charge in [0.05, 0.1) is 5.69 Å². The molecule has 1 heterocycles. The zero-order valence-corrected chi connectivity index (χ0v) is 12.2. The van der Waals surface area contributed by atoms with Crippen molar-refractivity contribution in [2.45, 2.75) is 52.5 Å². The van der Waals surface area contributed by atoms with Crippen molar-refractivity contribution in [1.82, 2.24) is 15.1 Å². The van der Waals surface area contributed by atoms with Crippen molar-refractivity contribution in [3.05, 3.63) is 18.0 Å². The Morgan fingerprint density at radius 3 is 2.89 bits per heavy atom. The van der Waals surface area contributed by atoms with Gasteiger partial charge in [0.2, 0.25) is 0 Å². The van der Waals surface area contributed by atoms with Gasteiger partial charge in [-0.1, -0.05) is 20.8 Å². The van der Waals surface area contributed by atoms with Crippen LogP contribution in [-0.2, 0) is 13.5 Å². The Bertz CT molecular complexity index is 381. The lowest BCUT2D eigenvalue weighted by atomic mass is 9.70. The Kier molecular flexibility index (Phi) is 4.10. The molecule has 2 atom stereocenters. The Morgan fingerprint density at radius 2 is 2.28 bits per heavy atom. The maximum Gasteiger partial charge on any atom is 0.0637 e. The quantitative estimate of drug-likeness (QED) is 0.889. The van der Waals surface area contributed by atoms with Gasteiger partial charge >= 0.3 is 0 Å². The van der Waals surface area contributed by atoms with E-state index < -0.39 is 0 Å². The summed E-state index contributed by atoms with van der Waals surface area (Å²) in [6.07, 6.45) is 7.05.